The molecule has 19 heavy (non-hydrogen) atoms. The number of nitrogens with zero attached hydrogens (tertiary/aromatic N) is 2. The fraction of sp³-hybridized carbons (Fsp3) is 0.357. The SMILES string of the molecule is Cc1nn(C)c(C)c1C(N)Cc1cc(F)ccc1F. The van der Waals surface area contributed by atoms with Gasteiger partial charge in [0.25, 0.3) is 0 Å². The number of benzene rings is 1. The quantitative estimate of drug-likeness (QED) is 0.927. The molecule has 0 saturated heterocycles. The van der Waals surface area contributed by atoms with E-state index in [-0.39, 0.29) is 12.0 Å². The average Bonchev–Trinajstić information content (AvgIpc) is 2.58. The maximum Gasteiger partial charge on any atom is 0.126 e. The molecule has 2 N–H and O–H groups in total. The molecular weight excluding hydrogens is 248 g/mol. The minimum absolute atomic E-state index is 0.247. The Morgan fingerprint density at radius 3 is 2.58 bits per heavy atom. The molecule has 0 bridgehead atoms. The first-order valence-electron chi connectivity index (χ1n) is 6.09. The zero-order valence-electron chi connectivity index (χ0n) is 11.2. The van der Waals surface area contributed by atoms with E-state index in [1.807, 2.05) is 20.9 Å². The molecule has 1 atom stereocenters. The molecule has 1 aromatic carbocycles. The van der Waals surface area contributed by atoms with Gasteiger partial charge in [-0.05, 0) is 44.0 Å². The number of aromatic nitrogens is 2. The summed E-state index contributed by atoms with van der Waals surface area (Å²) < 4.78 is 28.5. The maximum atomic E-state index is 13.6. The third-order valence-electron chi connectivity index (χ3n) is 3.38. The molecule has 0 saturated carbocycles. The van der Waals surface area contributed by atoms with Gasteiger partial charge in [-0.25, -0.2) is 8.78 Å². The molecule has 0 spiro atoms. The van der Waals surface area contributed by atoms with E-state index in [1.54, 1.807) is 4.68 Å². The van der Waals surface area contributed by atoms with Crippen molar-refractivity contribution in [3.05, 3.63) is 52.3 Å². The smallest absolute Gasteiger partial charge is 0.126 e. The summed E-state index contributed by atoms with van der Waals surface area (Å²) in [6, 6.07) is 3.02. The molecule has 0 amide bonds. The number of hydrogen-bond acceptors (Lipinski definition) is 2. The van der Waals surface area contributed by atoms with Crippen LogP contribution in [-0.4, -0.2) is 9.78 Å². The summed E-state index contributed by atoms with van der Waals surface area (Å²) in [4.78, 5) is 0. The zero-order chi connectivity index (χ0) is 14.2. The van der Waals surface area contributed by atoms with Crippen LogP contribution in [0.15, 0.2) is 18.2 Å². The minimum Gasteiger partial charge on any atom is -0.324 e. The topological polar surface area (TPSA) is 43.8 Å². The van der Waals surface area contributed by atoms with E-state index in [2.05, 4.69) is 5.10 Å². The summed E-state index contributed by atoms with van der Waals surface area (Å²) in [7, 11) is 1.83. The summed E-state index contributed by atoms with van der Waals surface area (Å²) in [6.45, 7) is 3.78. The summed E-state index contributed by atoms with van der Waals surface area (Å²) in [5.74, 6) is -0.890. The van der Waals surface area contributed by atoms with Crippen molar-refractivity contribution in [1.82, 2.24) is 9.78 Å². The second-order valence-corrected chi connectivity index (χ2v) is 4.75. The molecular formula is C14H17F2N3. The largest absolute Gasteiger partial charge is 0.324 e. The molecule has 5 heteroatoms. The van der Waals surface area contributed by atoms with Crippen LogP contribution in [0.5, 0.6) is 0 Å². The Labute approximate surface area is 111 Å². The van der Waals surface area contributed by atoms with Crippen LogP contribution in [0.4, 0.5) is 8.78 Å². The molecule has 0 radical (unpaired) electrons. The van der Waals surface area contributed by atoms with Crippen LogP contribution in [0, 0.1) is 25.5 Å². The standard InChI is InChI=1S/C14H17F2N3/c1-8-14(9(2)19(3)18-8)13(17)7-10-6-11(15)4-5-12(10)16/h4-6,13H,7,17H2,1-3H3. The van der Waals surface area contributed by atoms with Crippen molar-refractivity contribution in [3.63, 3.8) is 0 Å². The summed E-state index contributed by atoms with van der Waals surface area (Å²) >= 11 is 0. The van der Waals surface area contributed by atoms with Gasteiger partial charge in [0, 0.05) is 24.3 Å². The third kappa shape index (κ3) is 2.66. The lowest BCUT2D eigenvalue weighted by Gasteiger charge is -2.13. The number of aryl methyl sites for hydroxylation is 2. The second kappa shape index (κ2) is 5.09. The van der Waals surface area contributed by atoms with E-state index in [1.165, 1.54) is 6.07 Å². The van der Waals surface area contributed by atoms with Gasteiger partial charge in [-0.15, -0.1) is 0 Å². The molecule has 0 aliphatic carbocycles. The van der Waals surface area contributed by atoms with Crippen LogP contribution >= 0.6 is 0 Å². The first kappa shape index (κ1) is 13.7. The summed E-state index contributed by atoms with van der Waals surface area (Å²) in [6.07, 6.45) is 0.247. The van der Waals surface area contributed by atoms with E-state index >= 15 is 0 Å². The molecule has 2 rings (SSSR count). The van der Waals surface area contributed by atoms with Crippen molar-refractivity contribution in [2.45, 2.75) is 26.3 Å². The van der Waals surface area contributed by atoms with Crippen molar-refractivity contribution >= 4 is 0 Å². The van der Waals surface area contributed by atoms with E-state index in [0.717, 1.165) is 29.1 Å². The van der Waals surface area contributed by atoms with Gasteiger partial charge in [0.2, 0.25) is 0 Å². The number of rotatable bonds is 3. The molecule has 1 aromatic heterocycles. The first-order chi connectivity index (χ1) is 8.90. The molecule has 0 fully saturated rings. The van der Waals surface area contributed by atoms with Crippen molar-refractivity contribution in [1.29, 1.82) is 0 Å². The monoisotopic (exact) mass is 265 g/mol. The Morgan fingerprint density at radius 2 is 2.00 bits per heavy atom. The van der Waals surface area contributed by atoms with Crippen LogP contribution in [0.25, 0.3) is 0 Å². The predicted octanol–water partition coefficient (Wildman–Crippen LogP) is 2.56. The van der Waals surface area contributed by atoms with Crippen molar-refractivity contribution in [2.24, 2.45) is 12.8 Å². The lowest BCUT2D eigenvalue weighted by Crippen LogP contribution is -2.16. The lowest BCUT2D eigenvalue weighted by atomic mass is 9.98. The minimum atomic E-state index is -0.455. The van der Waals surface area contributed by atoms with Crippen molar-refractivity contribution < 1.29 is 8.78 Å². The van der Waals surface area contributed by atoms with E-state index in [9.17, 15) is 8.78 Å². The van der Waals surface area contributed by atoms with Crippen LogP contribution < -0.4 is 5.73 Å². The predicted molar refractivity (Wildman–Crippen MR) is 69.7 cm³/mol. The Kier molecular flexibility index (Phi) is 3.66. The third-order valence-corrected chi connectivity index (χ3v) is 3.38. The summed E-state index contributed by atoms with van der Waals surface area (Å²) in [5.41, 5.74) is 9.07. The van der Waals surface area contributed by atoms with Gasteiger partial charge in [0.05, 0.1) is 5.69 Å². The van der Waals surface area contributed by atoms with Gasteiger partial charge in [-0.1, -0.05) is 0 Å². The van der Waals surface area contributed by atoms with Gasteiger partial charge in [-0.2, -0.15) is 5.10 Å². The Bertz CT molecular complexity index is 605. The van der Waals surface area contributed by atoms with Crippen LogP contribution in [0.3, 0.4) is 0 Å². The van der Waals surface area contributed by atoms with E-state index < -0.39 is 17.7 Å². The maximum absolute atomic E-state index is 13.6. The van der Waals surface area contributed by atoms with Crippen molar-refractivity contribution in [2.75, 3.05) is 0 Å². The Hall–Kier alpha value is -1.75. The normalized spacial score (nSPS) is 12.7. The number of nitrogens with two attached hydrogens (primary N) is 1. The van der Waals surface area contributed by atoms with Gasteiger partial charge in [0.1, 0.15) is 11.6 Å². The van der Waals surface area contributed by atoms with E-state index in [4.69, 9.17) is 5.73 Å². The first-order valence-corrected chi connectivity index (χ1v) is 6.09. The number of hydrogen-bond donors (Lipinski definition) is 1. The van der Waals surface area contributed by atoms with Crippen LogP contribution in [-0.2, 0) is 13.5 Å². The highest BCUT2D eigenvalue weighted by Gasteiger charge is 2.18. The molecule has 3 nitrogen and oxygen atoms in total. The van der Waals surface area contributed by atoms with Crippen LogP contribution in [0.1, 0.15) is 28.6 Å². The Morgan fingerprint density at radius 1 is 1.32 bits per heavy atom. The van der Waals surface area contributed by atoms with Gasteiger partial charge in [-0.3, -0.25) is 4.68 Å². The number of halogens is 2. The molecule has 102 valence electrons. The Balaban J connectivity index is 2.30. The average molecular weight is 265 g/mol. The molecule has 0 aliphatic rings. The fourth-order valence-electron chi connectivity index (χ4n) is 2.37. The fourth-order valence-corrected chi connectivity index (χ4v) is 2.37. The van der Waals surface area contributed by atoms with Gasteiger partial charge in [0.15, 0.2) is 0 Å². The van der Waals surface area contributed by atoms with Gasteiger partial charge >= 0.3 is 0 Å². The molecule has 0 aliphatic heterocycles. The van der Waals surface area contributed by atoms with Crippen molar-refractivity contribution in [3.8, 4) is 0 Å². The molecule has 1 unspecified atom stereocenters. The highest BCUT2D eigenvalue weighted by atomic mass is 19.1. The highest BCUT2D eigenvalue weighted by molar-refractivity contribution is 5.30. The molecule has 1 heterocycles. The van der Waals surface area contributed by atoms with Crippen LogP contribution in [0.2, 0.25) is 0 Å². The summed E-state index contributed by atoms with van der Waals surface area (Å²) in [5, 5.41) is 4.28. The second-order valence-electron chi connectivity index (χ2n) is 4.75. The van der Waals surface area contributed by atoms with E-state index in [0.29, 0.717) is 0 Å². The highest BCUT2D eigenvalue weighted by Crippen LogP contribution is 2.24. The lowest BCUT2D eigenvalue weighted by molar-refractivity contribution is 0.571. The molecule has 2 aromatic rings. The zero-order valence-corrected chi connectivity index (χ0v) is 11.2. The van der Waals surface area contributed by atoms with Gasteiger partial charge < -0.3 is 5.73 Å².